The lowest BCUT2D eigenvalue weighted by Gasteiger charge is -2.08. The molecule has 0 aliphatic heterocycles. The predicted octanol–water partition coefficient (Wildman–Crippen LogP) is 1.52. The lowest BCUT2D eigenvalue weighted by atomic mass is 10.1. The summed E-state index contributed by atoms with van der Waals surface area (Å²) in [6.07, 6.45) is 1.99. The van der Waals surface area contributed by atoms with Crippen LogP contribution in [0.3, 0.4) is 0 Å². The Morgan fingerprint density at radius 2 is 1.89 bits per heavy atom. The summed E-state index contributed by atoms with van der Waals surface area (Å²) >= 11 is 0. The molecule has 0 spiro atoms. The number of nitrogens with one attached hydrogen (secondary N) is 2. The van der Waals surface area contributed by atoms with Gasteiger partial charge in [0, 0.05) is 18.4 Å². The molecule has 0 fully saturated rings. The van der Waals surface area contributed by atoms with Gasteiger partial charge < -0.3 is 15.4 Å². The molecule has 0 saturated carbocycles. The number of rotatable bonds is 8. The summed E-state index contributed by atoms with van der Waals surface area (Å²) in [7, 11) is -2.21. The minimum atomic E-state index is -3.81. The molecule has 2 aromatic carbocycles. The minimum Gasteiger partial charge on any atom is -0.496 e. The molecule has 0 aliphatic rings. The maximum Gasteiger partial charge on any atom is 0.267 e. The Kier molecular flexibility index (Phi) is 7.14. The van der Waals surface area contributed by atoms with Crippen molar-refractivity contribution in [2.45, 2.75) is 11.3 Å². The van der Waals surface area contributed by atoms with Crippen LogP contribution in [0.5, 0.6) is 5.75 Å². The zero-order valence-electron chi connectivity index (χ0n) is 15.2. The number of methoxy groups -OCH3 is 1. The summed E-state index contributed by atoms with van der Waals surface area (Å²) in [5.74, 6) is 0.158. The Morgan fingerprint density at radius 3 is 2.50 bits per heavy atom. The van der Waals surface area contributed by atoms with Crippen molar-refractivity contribution in [3.05, 3.63) is 65.9 Å². The van der Waals surface area contributed by atoms with E-state index in [4.69, 9.17) is 9.88 Å². The first kappa shape index (κ1) is 21.0. The topological polar surface area (TPSA) is 134 Å². The SMILES string of the molecule is COc1ccccc1CCN/C=C(/C#N)C(=O)Nc1ccc(S(N)(=O)=O)cc1. The number of sulfonamides is 1. The van der Waals surface area contributed by atoms with E-state index >= 15 is 0 Å². The fourth-order valence-electron chi connectivity index (χ4n) is 2.37. The second kappa shape index (κ2) is 9.55. The van der Waals surface area contributed by atoms with Gasteiger partial charge in [-0.05, 0) is 42.3 Å². The van der Waals surface area contributed by atoms with Crippen LogP contribution in [0.1, 0.15) is 5.56 Å². The quantitative estimate of drug-likeness (QED) is 0.349. The van der Waals surface area contributed by atoms with Gasteiger partial charge in [0.25, 0.3) is 5.91 Å². The van der Waals surface area contributed by atoms with E-state index in [1.807, 2.05) is 30.3 Å². The number of carbonyl (C=O) groups excluding carboxylic acids is 1. The van der Waals surface area contributed by atoms with Gasteiger partial charge in [-0.15, -0.1) is 0 Å². The van der Waals surface area contributed by atoms with Crippen LogP contribution in [-0.4, -0.2) is 28.0 Å². The Hall–Kier alpha value is -3.35. The Balaban J connectivity index is 1.94. The van der Waals surface area contributed by atoms with Crippen molar-refractivity contribution in [2.75, 3.05) is 19.0 Å². The van der Waals surface area contributed by atoms with Crippen LogP contribution in [0.15, 0.2) is 65.2 Å². The van der Waals surface area contributed by atoms with Gasteiger partial charge in [-0.1, -0.05) is 18.2 Å². The molecule has 146 valence electrons. The van der Waals surface area contributed by atoms with Crippen LogP contribution in [0.25, 0.3) is 0 Å². The van der Waals surface area contributed by atoms with E-state index in [1.165, 1.54) is 30.5 Å². The molecule has 0 aromatic heterocycles. The minimum absolute atomic E-state index is 0.0699. The van der Waals surface area contributed by atoms with E-state index < -0.39 is 15.9 Å². The van der Waals surface area contributed by atoms with Crippen molar-refractivity contribution in [1.82, 2.24) is 5.32 Å². The van der Waals surface area contributed by atoms with E-state index in [-0.39, 0.29) is 10.5 Å². The first-order valence-electron chi connectivity index (χ1n) is 8.25. The normalized spacial score (nSPS) is 11.4. The molecule has 2 rings (SSSR count). The maximum atomic E-state index is 12.2. The van der Waals surface area contributed by atoms with Gasteiger partial charge in [0.2, 0.25) is 10.0 Å². The highest BCUT2D eigenvalue weighted by Crippen LogP contribution is 2.17. The fourth-order valence-corrected chi connectivity index (χ4v) is 2.88. The third-order valence-electron chi connectivity index (χ3n) is 3.78. The van der Waals surface area contributed by atoms with Crippen LogP contribution in [0.4, 0.5) is 5.69 Å². The lowest BCUT2D eigenvalue weighted by Crippen LogP contribution is -2.18. The summed E-state index contributed by atoms with van der Waals surface area (Å²) in [6, 6.07) is 14.7. The van der Waals surface area contributed by atoms with Crippen LogP contribution < -0.4 is 20.5 Å². The summed E-state index contributed by atoms with van der Waals surface area (Å²) in [6.45, 7) is 0.502. The standard InChI is InChI=1S/C19H20N4O4S/c1-27-18-5-3-2-4-14(18)10-11-22-13-15(12-20)19(24)23-16-6-8-17(9-7-16)28(21,25)26/h2-9,13,22H,10-11H2,1H3,(H,23,24)(H2,21,25,26)/b15-13-. The number of nitrogens with two attached hydrogens (primary N) is 1. The van der Waals surface area contributed by atoms with Crippen LogP contribution in [0, 0.1) is 11.3 Å². The average Bonchev–Trinajstić information content (AvgIpc) is 2.68. The van der Waals surface area contributed by atoms with Crippen molar-refractivity contribution in [2.24, 2.45) is 5.14 Å². The number of amides is 1. The number of nitrogens with zero attached hydrogens (tertiary/aromatic N) is 1. The number of hydrogen-bond acceptors (Lipinski definition) is 6. The van der Waals surface area contributed by atoms with Crippen molar-refractivity contribution >= 4 is 21.6 Å². The molecule has 0 saturated heterocycles. The molecule has 0 unspecified atom stereocenters. The predicted molar refractivity (Wildman–Crippen MR) is 105 cm³/mol. The first-order valence-corrected chi connectivity index (χ1v) is 9.79. The molecule has 0 bridgehead atoms. The Morgan fingerprint density at radius 1 is 1.21 bits per heavy atom. The van der Waals surface area contributed by atoms with Gasteiger partial charge in [0.1, 0.15) is 17.4 Å². The van der Waals surface area contributed by atoms with Gasteiger partial charge in [0.15, 0.2) is 0 Å². The van der Waals surface area contributed by atoms with E-state index in [2.05, 4.69) is 10.6 Å². The smallest absolute Gasteiger partial charge is 0.267 e. The van der Waals surface area contributed by atoms with Gasteiger partial charge in [-0.3, -0.25) is 4.79 Å². The number of benzene rings is 2. The van der Waals surface area contributed by atoms with Gasteiger partial charge in [-0.2, -0.15) is 5.26 Å². The van der Waals surface area contributed by atoms with E-state index in [0.29, 0.717) is 18.7 Å². The Labute approximate surface area is 163 Å². The molecule has 0 aliphatic carbocycles. The van der Waals surface area contributed by atoms with E-state index in [0.717, 1.165) is 11.3 Å². The van der Waals surface area contributed by atoms with Gasteiger partial charge in [-0.25, -0.2) is 13.6 Å². The highest BCUT2D eigenvalue weighted by atomic mass is 32.2. The molecule has 1 amide bonds. The highest BCUT2D eigenvalue weighted by Gasteiger charge is 2.11. The van der Waals surface area contributed by atoms with Gasteiger partial charge >= 0.3 is 0 Å². The number of primary sulfonamides is 1. The third kappa shape index (κ3) is 5.84. The molecule has 0 atom stereocenters. The van der Waals surface area contributed by atoms with Gasteiger partial charge in [0.05, 0.1) is 12.0 Å². The van der Waals surface area contributed by atoms with Crippen molar-refractivity contribution in [3.63, 3.8) is 0 Å². The highest BCUT2D eigenvalue weighted by molar-refractivity contribution is 7.89. The first-order chi connectivity index (χ1) is 13.3. The maximum absolute atomic E-state index is 12.2. The van der Waals surface area contributed by atoms with Crippen molar-refractivity contribution < 1.29 is 17.9 Å². The van der Waals surface area contributed by atoms with Crippen LogP contribution >= 0.6 is 0 Å². The summed E-state index contributed by atoms with van der Waals surface area (Å²) in [4.78, 5) is 12.1. The Bertz CT molecular complexity index is 1010. The summed E-state index contributed by atoms with van der Waals surface area (Å²) < 4.78 is 27.7. The summed E-state index contributed by atoms with van der Waals surface area (Å²) in [5.41, 5.74) is 1.23. The molecular formula is C19H20N4O4S. The summed E-state index contributed by atoms with van der Waals surface area (Å²) in [5, 5.41) is 19.7. The van der Waals surface area contributed by atoms with E-state index in [9.17, 15) is 18.5 Å². The average molecular weight is 400 g/mol. The molecule has 2 aromatic rings. The number of hydrogen-bond donors (Lipinski definition) is 3. The number of para-hydroxylation sites is 1. The zero-order chi connectivity index (χ0) is 20.6. The fraction of sp³-hybridized carbons (Fsp3) is 0.158. The number of carbonyl (C=O) groups is 1. The molecule has 4 N–H and O–H groups in total. The molecule has 0 heterocycles. The second-order valence-electron chi connectivity index (χ2n) is 5.71. The third-order valence-corrected chi connectivity index (χ3v) is 4.71. The van der Waals surface area contributed by atoms with Crippen LogP contribution in [-0.2, 0) is 21.2 Å². The molecule has 0 radical (unpaired) electrons. The number of anilines is 1. The molecular weight excluding hydrogens is 380 g/mol. The van der Waals surface area contributed by atoms with Crippen molar-refractivity contribution in [3.8, 4) is 11.8 Å². The zero-order valence-corrected chi connectivity index (χ0v) is 16.0. The second-order valence-corrected chi connectivity index (χ2v) is 7.27. The number of ether oxygens (including phenoxy) is 1. The van der Waals surface area contributed by atoms with E-state index in [1.54, 1.807) is 7.11 Å². The number of nitriles is 1. The molecule has 9 heteroatoms. The largest absolute Gasteiger partial charge is 0.496 e. The molecule has 8 nitrogen and oxygen atoms in total. The van der Waals surface area contributed by atoms with Crippen molar-refractivity contribution in [1.29, 1.82) is 5.26 Å². The lowest BCUT2D eigenvalue weighted by molar-refractivity contribution is -0.112. The monoisotopic (exact) mass is 400 g/mol. The molecule has 28 heavy (non-hydrogen) atoms. The van der Waals surface area contributed by atoms with Crippen LogP contribution in [0.2, 0.25) is 0 Å².